The molecule has 3 N–H and O–H groups in total. The first-order chi connectivity index (χ1) is 17.9. The average molecular weight is 561 g/mol. The van der Waals surface area contributed by atoms with Crippen LogP contribution in [0.4, 0.5) is 5.69 Å². The summed E-state index contributed by atoms with van der Waals surface area (Å²) in [5.41, 5.74) is 3.40. The normalized spacial score (nSPS) is 17.0. The van der Waals surface area contributed by atoms with Gasteiger partial charge in [-0.25, -0.2) is 0 Å². The highest BCUT2D eigenvalue weighted by molar-refractivity contribution is 9.10. The summed E-state index contributed by atoms with van der Waals surface area (Å²) >= 11 is 3.46. The fourth-order valence-corrected chi connectivity index (χ4v) is 5.30. The van der Waals surface area contributed by atoms with E-state index in [-0.39, 0.29) is 23.3 Å². The number of H-pyrrole nitrogens is 1. The second-order valence-electron chi connectivity index (χ2n) is 9.54. The molecule has 37 heavy (non-hydrogen) atoms. The van der Waals surface area contributed by atoms with Gasteiger partial charge in [-0.1, -0.05) is 46.3 Å². The molecule has 0 aliphatic carbocycles. The molecule has 2 amide bonds. The van der Waals surface area contributed by atoms with Crippen LogP contribution in [0.3, 0.4) is 0 Å². The van der Waals surface area contributed by atoms with Crippen LogP contribution in [0.25, 0.3) is 11.6 Å². The van der Waals surface area contributed by atoms with Gasteiger partial charge in [0.25, 0.3) is 11.8 Å². The van der Waals surface area contributed by atoms with Crippen molar-refractivity contribution in [2.45, 2.75) is 32.2 Å². The number of aromatic amines is 1. The van der Waals surface area contributed by atoms with Crippen LogP contribution in [0, 0.1) is 0 Å². The number of hydrogen-bond donors (Lipinski definition) is 3. The lowest BCUT2D eigenvalue weighted by molar-refractivity contribution is -0.110. The molecular formula is C29H29BrN4O3. The Morgan fingerprint density at radius 2 is 1.86 bits per heavy atom. The quantitative estimate of drug-likeness (QED) is 0.263. The molecule has 2 aromatic carbocycles. The maximum Gasteiger partial charge on any atom is 0.267 e. The fraction of sp³-hybridized carbons (Fsp3) is 0.276. The molecule has 1 unspecified atom stereocenters. The van der Waals surface area contributed by atoms with Crippen molar-refractivity contribution in [2.24, 2.45) is 0 Å². The Hall–Kier alpha value is -3.49. The van der Waals surface area contributed by atoms with Crippen molar-refractivity contribution >= 4 is 50.9 Å². The number of likely N-dealkylation sites (tertiary alicyclic amines) is 1. The molecule has 2 aliphatic rings. The lowest BCUT2D eigenvalue weighted by atomic mass is 10.0. The van der Waals surface area contributed by atoms with E-state index in [2.05, 4.69) is 43.4 Å². The van der Waals surface area contributed by atoms with Crippen molar-refractivity contribution in [3.05, 3.63) is 87.1 Å². The monoisotopic (exact) mass is 560 g/mol. The topological polar surface area (TPSA) is 94.3 Å². The van der Waals surface area contributed by atoms with Gasteiger partial charge in [-0.15, -0.1) is 0 Å². The summed E-state index contributed by atoms with van der Waals surface area (Å²) in [7, 11) is 0. The van der Waals surface area contributed by atoms with Gasteiger partial charge in [0.05, 0.1) is 11.3 Å². The molecule has 2 aliphatic heterocycles. The van der Waals surface area contributed by atoms with Crippen LogP contribution in [0.15, 0.2) is 59.1 Å². The fourth-order valence-electron chi connectivity index (χ4n) is 4.94. The van der Waals surface area contributed by atoms with Crippen molar-refractivity contribution < 1.29 is 14.4 Å². The number of nitrogens with zero attached hydrogens (tertiary/aromatic N) is 1. The Kier molecular flexibility index (Phi) is 7.39. The minimum atomic E-state index is -0.278. The Labute approximate surface area is 224 Å². The van der Waals surface area contributed by atoms with Crippen LogP contribution in [-0.4, -0.2) is 53.2 Å². The Morgan fingerprint density at radius 1 is 1.11 bits per heavy atom. The van der Waals surface area contributed by atoms with Crippen LogP contribution in [0.5, 0.6) is 0 Å². The van der Waals surface area contributed by atoms with Crippen molar-refractivity contribution in [2.75, 3.05) is 25.0 Å². The van der Waals surface area contributed by atoms with Crippen LogP contribution < -0.4 is 10.6 Å². The van der Waals surface area contributed by atoms with Crippen molar-refractivity contribution in [1.82, 2.24) is 15.2 Å². The maximum atomic E-state index is 13.4. The standard InChI is InChI=1S/C29H29BrN4O3/c1-18(34-13-5-6-14-34)11-12-31-29(37)26-17-23(27(35)19-7-3-2-4-8-19)25(32-26)16-22-21-15-20(30)9-10-24(21)33-28(22)36/h2-4,7-10,15-18,32H,5-6,11-14H2,1H3,(H,31,37)(H,33,36). The third kappa shape index (κ3) is 5.45. The molecule has 1 saturated heterocycles. The number of ketones is 1. The summed E-state index contributed by atoms with van der Waals surface area (Å²) in [4.78, 5) is 44.8. The Morgan fingerprint density at radius 3 is 2.62 bits per heavy atom. The summed E-state index contributed by atoms with van der Waals surface area (Å²) in [5, 5.41) is 5.84. The van der Waals surface area contributed by atoms with Crippen LogP contribution >= 0.6 is 15.9 Å². The van der Waals surface area contributed by atoms with E-state index >= 15 is 0 Å². The summed E-state index contributed by atoms with van der Waals surface area (Å²) in [6.07, 6.45) is 4.96. The zero-order valence-corrected chi connectivity index (χ0v) is 22.2. The summed E-state index contributed by atoms with van der Waals surface area (Å²) < 4.78 is 0.837. The molecule has 0 saturated carbocycles. The number of fused-ring (bicyclic) bond motifs is 1. The molecule has 3 heterocycles. The van der Waals surface area contributed by atoms with Crippen LogP contribution in [0.1, 0.15) is 63.9 Å². The van der Waals surface area contributed by atoms with Gasteiger partial charge in [-0.3, -0.25) is 14.4 Å². The highest BCUT2D eigenvalue weighted by atomic mass is 79.9. The van der Waals surface area contributed by atoms with Gasteiger partial charge >= 0.3 is 0 Å². The van der Waals surface area contributed by atoms with Crippen LogP contribution in [0.2, 0.25) is 0 Å². The van der Waals surface area contributed by atoms with E-state index in [4.69, 9.17) is 0 Å². The van der Waals surface area contributed by atoms with Gasteiger partial charge < -0.3 is 20.5 Å². The van der Waals surface area contributed by atoms with Gasteiger partial charge in [0.2, 0.25) is 0 Å². The van der Waals surface area contributed by atoms with E-state index in [9.17, 15) is 14.4 Å². The number of anilines is 1. The van der Waals surface area contributed by atoms with Crippen molar-refractivity contribution in [1.29, 1.82) is 0 Å². The first-order valence-corrected chi connectivity index (χ1v) is 13.4. The lowest BCUT2D eigenvalue weighted by Gasteiger charge is -2.23. The molecule has 7 nitrogen and oxygen atoms in total. The minimum Gasteiger partial charge on any atom is -0.351 e. The average Bonchev–Trinajstić information content (AvgIpc) is 3.64. The zero-order valence-electron chi connectivity index (χ0n) is 20.6. The van der Waals surface area contributed by atoms with Crippen molar-refractivity contribution in [3.8, 4) is 0 Å². The molecule has 8 heteroatoms. The Bertz CT molecular complexity index is 1370. The van der Waals surface area contributed by atoms with E-state index in [1.54, 1.807) is 36.4 Å². The molecule has 0 radical (unpaired) electrons. The van der Waals surface area contributed by atoms with Gasteiger partial charge in [0, 0.05) is 39.4 Å². The molecule has 3 aromatic rings. The highest BCUT2D eigenvalue weighted by Crippen LogP contribution is 2.35. The lowest BCUT2D eigenvalue weighted by Crippen LogP contribution is -2.34. The number of halogens is 1. The zero-order chi connectivity index (χ0) is 25.9. The summed E-state index contributed by atoms with van der Waals surface area (Å²) in [5.74, 6) is -0.764. The number of nitrogens with one attached hydrogen (secondary N) is 3. The number of aromatic nitrogens is 1. The van der Waals surface area contributed by atoms with E-state index in [0.29, 0.717) is 40.7 Å². The molecule has 1 atom stereocenters. The number of hydrogen-bond acceptors (Lipinski definition) is 4. The maximum absolute atomic E-state index is 13.4. The van der Waals surface area contributed by atoms with E-state index in [1.165, 1.54) is 12.8 Å². The first-order valence-electron chi connectivity index (χ1n) is 12.6. The second kappa shape index (κ2) is 10.9. The largest absolute Gasteiger partial charge is 0.351 e. The third-order valence-electron chi connectivity index (χ3n) is 7.04. The number of rotatable bonds is 8. The molecule has 1 fully saturated rings. The molecule has 0 bridgehead atoms. The SMILES string of the molecule is CC(CCNC(=O)c1cc(C(=O)c2ccccc2)c(C=C2C(=O)Nc3ccc(Br)cc32)[nH]1)N1CCCC1. The first kappa shape index (κ1) is 25.2. The van der Waals surface area contributed by atoms with Crippen LogP contribution in [-0.2, 0) is 4.79 Å². The number of benzene rings is 2. The molecule has 190 valence electrons. The summed E-state index contributed by atoms with van der Waals surface area (Å²) in [6, 6.07) is 16.4. The van der Waals surface area contributed by atoms with Gasteiger partial charge in [-0.2, -0.15) is 0 Å². The van der Waals surface area contributed by atoms with Gasteiger partial charge in [0.1, 0.15) is 5.69 Å². The van der Waals surface area contributed by atoms with Gasteiger partial charge in [0.15, 0.2) is 5.78 Å². The molecule has 1 aromatic heterocycles. The summed E-state index contributed by atoms with van der Waals surface area (Å²) in [6.45, 7) is 4.96. The predicted molar refractivity (Wildman–Crippen MR) is 149 cm³/mol. The minimum absolute atomic E-state index is 0.224. The third-order valence-corrected chi connectivity index (χ3v) is 7.53. The molecular weight excluding hydrogens is 532 g/mol. The smallest absolute Gasteiger partial charge is 0.267 e. The second-order valence-corrected chi connectivity index (χ2v) is 10.5. The van der Waals surface area contributed by atoms with E-state index < -0.39 is 0 Å². The van der Waals surface area contributed by atoms with E-state index in [0.717, 1.165) is 29.5 Å². The van der Waals surface area contributed by atoms with Gasteiger partial charge in [-0.05, 0) is 69.6 Å². The van der Waals surface area contributed by atoms with E-state index in [1.807, 2.05) is 24.3 Å². The highest BCUT2D eigenvalue weighted by Gasteiger charge is 2.27. The molecule has 0 spiro atoms. The number of carbonyl (C=O) groups is 3. The molecule has 5 rings (SSSR count). The number of amides is 2. The Balaban J connectivity index is 1.43. The van der Waals surface area contributed by atoms with Crippen molar-refractivity contribution in [3.63, 3.8) is 0 Å². The predicted octanol–water partition coefficient (Wildman–Crippen LogP) is 5.11. The number of carbonyl (C=O) groups excluding carboxylic acids is 3.